The van der Waals surface area contributed by atoms with Crippen LogP contribution < -0.4 is 0 Å². The number of nitrogens with zero attached hydrogens (tertiary/aromatic N) is 3. The first kappa shape index (κ1) is 30.4. The third kappa shape index (κ3) is 7.27. The van der Waals surface area contributed by atoms with Crippen LogP contribution in [0.5, 0.6) is 0 Å². The fourth-order valence-electron chi connectivity index (χ4n) is 5.90. The Bertz CT molecular complexity index is 1330. The van der Waals surface area contributed by atoms with Gasteiger partial charge in [-0.3, -0.25) is 9.69 Å². The topological polar surface area (TPSA) is 51.8 Å². The van der Waals surface area contributed by atoms with Gasteiger partial charge in [0.15, 0.2) is 0 Å². The largest absolute Gasteiger partial charge is 0.416 e. The molecule has 12 heteroatoms. The average molecular weight is 597 g/mol. The van der Waals surface area contributed by atoms with Gasteiger partial charge in [-0.05, 0) is 62.2 Å². The Balaban J connectivity index is 1.38. The SMILES string of the molecule is O=C(c1cc(C(F)(F)F)cc(C(F)(F)F)c1)N1CCN(CCCN2CCCOCC2)C[C@H]1Cc1c[nH]c2ccccc12. The van der Waals surface area contributed by atoms with Crippen molar-refractivity contribution >= 4 is 16.8 Å². The van der Waals surface area contributed by atoms with E-state index in [1.54, 1.807) is 0 Å². The van der Waals surface area contributed by atoms with Crippen LogP contribution in [-0.2, 0) is 23.5 Å². The molecule has 0 saturated carbocycles. The number of amides is 1. The van der Waals surface area contributed by atoms with E-state index in [2.05, 4.69) is 14.8 Å². The van der Waals surface area contributed by atoms with Crippen molar-refractivity contribution in [3.63, 3.8) is 0 Å². The minimum absolute atomic E-state index is 0.0502. The molecule has 0 aliphatic carbocycles. The highest BCUT2D eigenvalue weighted by Crippen LogP contribution is 2.37. The standard InChI is InChI=1S/C30H34F6N4O2/c31-29(32,33)23-15-21(16-24(18-23)30(34,35)36)28(41)40-11-10-39(8-3-7-38-9-4-13-42-14-12-38)20-25(40)17-22-19-37-27-6-2-1-5-26(22)27/h1-2,5-6,15-16,18-19,25,37H,3-4,7-14,17,20H2/t25-/m1/s1. The molecule has 2 aromatic carbocycles. The van der Waals surface area contributed by atoms with E-state index in [1.165, 1.54) is 4.90 Å². The molecule has 0 radical (unpaired) electrons. The number of rotatable bonds is 7. The first-order valence-corrected chi connectivity index (χ1v) is 14.2. The molecule has 1 N–H and O–H groups in total. The molecule has 3 heterocycles. The van der Waals surface area contributed by atoms with Crippen molar-refractivity contribution in [2.45, 2.75) is 37.7 Å². The molecule has 2 aliphatic rings. The fourth-order valence-corrected chi connectivity index (χ4v) is 5.90. The lowest BCUT2D eigenvalue weighted by Crippen LogP contribution is -2.56. The number of benzene rings is 2. The first-order chi connectivity index (χ1) is 20.0. The molecule has 0 unspecified atom stereocenters. The quantitative estimate of drug-likeness (QED) is 0.357. The fraction of sp³-hybridized carbons (Fsp3) is 0.500. The lowest BCUT2D eigenvalue weighted by Gasteiger charge is -2.42. The maximum Gasteiger partial charge on any atom is 0.416 e. The summed E-state index contributed by atoms with van der Waals surface area (Å²) in [6, 6.07) is 8.31. The number of halogens is 6. The zero-order valence-corrected chi connectivity index (χ0v) is 23.1. The summed E-state index contributed by atoms with van der Waals surface area (Å²) in [6.45, 7) is 6.12. The maximum atomic E-state index is 13.7. The number of ether oxygens (including phenoxy) is 1. The van der Waals surface area contributed by atoms with Gasteiger partial charge in [0.2, 0.25) is 0 Å². The highest BCUT2D eigenvalue weighted by molar-refractivity contribution is 5.95. The molecule has 42 heavy (non-hydrogen) atoms. The number of carbonyl (C=O) groups is 1. The summed E-state index contributed by atoms with van der Waals surface area (Å²) in [4.78, 5) is 22.9. The molecular formula is C30H34F6N4O2. The number of para-hydroxylation sites is 1. The zero-order chi connectivity index (χ0) is 29.9. The molecule has 2 fully saturated rings. The molecule has 228 valence electrons. The number of H-pyrrole nitrogens is 1. The van der Waals surface area contributed by atoms with E-state index >= 15 is 0 Å². The summed E-state index contributed by atoms with van der Waals surface area (Å²) >= 11 is 0. The van der Waals surface area contributed by atoms with Gasteiger partial charge in [0, 0.05) is 68.0 Å². The Morgan fingerprint density at radius 1 is 0.881 bits per heavy atom. The zero-order valence-electron chi connectivity index (χ0n) is 23.1. The number of hydrogen-bond donors (Lipinski definition) is 1. The van der Waals surface area contributed by atoms with Gasteiger partial charge in [-0.1, -0.05) is 18.2 Å². The lowest BCUT2D eigenvalue weighted by atomic mass is 9.98. The number of aromatic nitrogens is 1. The van der Waals surface area contributed by atoms with Crippen LogP contribution in [0.15, 0.2) is 48.7 Å². The van der Waals surface area contributed by atoms with Crippen LogP contribution in [0.25, 0.3) is 10.9 Å². The van der Waals surface area contributed by atoms with Crippen molar-refractivity contribution in [1.82, 2.24) is 19.7 Å². The van der Waals surface area contributed by atoms with Crippen LogP contribution in [0, 0.1) is 0 Å². The number of hydrogen-bond acceptors (Lipinski definition) is 4. The number of aromatic amines is 1. The molecule has 1 aromatic heterocycles. The van der Waals surface area contributed by atoms with E-state index in [9.17, 15) is 31.1 Å². The third-order valence-corrected chi connectivity index (χ3v) is 8.06. The van der Waals surface area contributed by atoms with Crippen LogP contribution in [0.4, 0.5) is 26.3 Å². The van der Waals surface area contributed by atoms with E-state index in [0.29, 0.717) is 38.2 Å². The average Bonchev–Trinajstić information content (AvgIpc) is 3.16. The van der Waals surface area contributed by atoms with Crippen molar-refractivity contribution in [2.75, 3.05) is 59.0 Å². The van der Waals surface area contributed by atoms with Gasteiger partial charge >= 0.3 is 12.4 Å². The molecule has 5 rings (SSSR count). The van der Waals surface area contributed by atoms with Crippen molar-refractivity contribution in [1.29, 1.82) is 0 Å². The summed E-state index contributed by atoms with van der Waals surface area (Å²) in [5, 5.41) is 0.962. The van der Waals surface area contributed by atoms with Gasteiger partial charge in [-0.15, -0.1) is 0 Å². The summed E-state index contributed by atoms with van der Waals surface area (Å²) < 4.78 is 86.7. The number of fused-ring (bicyclic) bond motifs is 1. The van der Waals surface area contributed by atoms with E-state index in [1.807, 2.05) is 30.5 Å². The van der Waals surface area contributed by atoms with Crippen LogP contribution in [-0.4, -0.2) is 90.7 Å². The molecule has 6 nitrogen and oxygen atoms in total. The molecule has 0 bridgehead atoms. The number of alkyl halides is 6. The minimum Gasteiger partial charge on any atom is -0.380 e. The normalized spacial score (nSPS) is 19.8. The van der Waals surface area contributed by atoms with E-state index in [-0.39, 0.29) is 12.6 Å². The molecular weight excluding hydrogens is 562 g/mol. The van der Waals surface area contributed by atoms with Crippen molar-refractivity contribution in [3.05, 3.63) is 70.9 Å². The lowest BCUT2D eigenvalue weighted by molar-refractivity contribution is -0.143. The Hall–Kier alpha value is -3.09. The summed E-state index contributed by atoms with van der Waals surface area (Å²) in [7, 11) is 0. The minimum atomic E-state index is -5.03. The van der Waals surface area contributed by atoms with Crippen molar-refractivity contribution in [2.24, 2.45) is 0 Å². The second kappa shape index (κ2) is 12.6. The molecule has 3 aromatic rings. The predicted molar refractivity (Wildman–Crippen MR) is 146 cm³/mol. The summed E-state index contributed by atoms with van der Waals surface area (Å²) in [6.07, 6.45) is -5.92. The van der Waals surface area contributed by atoms with Crippen molar-refractivity contribution in [3.8, 4) is 0 Å². The number of nitrogens with one attached hydrogen (secondary N) is 1. The van der Waals surface area contributed by atoms with Crippen LogP contribution in [0.3, 0.4) is 0 Å². The molecule has 0 spiro atoms. The number of carbonyl (C=O) groups excluding carboxylic acids is 1. The third-order valence-electron chi connectivity index (χ3n) is 8.06. The summed E-state index contributed by atoms with van der Waals surface area (Å²) in [5.74, 6) is -0.833. The Kier molecular flexibility index (Phi) is 9.14. The van der Waals surface area contributed by atoms with Crippen LogP contribution in [0.1, 0.15) is 39.9 Å². The molecule has 1 amide bonds. The molecule has 2 saturated heterocycles. The van der Waals surface area contributed by atoms with E-state index < -0.39 is 41.0 Å². The number of piperazine rings is 1. The monoisotopic (exact) mass is 596 g/mol. The highest BCUT2D eigenvalue weighted by Gasteiger charge is 2.39. The van der Waals surface area contributed by atoms with Crippen molar-refractivity contribution < 1.29 is 35.9 Å². The van der Waals surface area contributed by atoms with Crippen LogP contribution in [0.2, 0.25) is 0 Å². The Labute approximate surface area is 240 Å². The second-order valence-electron chi connectivity index (χ2n) is 11.0. The van der Waals surface area contributed by atoms with E-state index in [4.69, 9.17) is 4.74 Å². The highest BCUT2D eigenvalue weighted by atomic mass is 19.4. The first-order valence-electron chi connectivity index (χ1n) is 14.2. The maximum absolute atomic E-state index is 13.7. The van der Waals surface area contributed by atoms with Gasteiger partial charge in [0.25, 0.3) is 5.91 Å². The Morgan fingerprint density at radius 3 is 2.33 bits per heavy atom. The molecule has 1 atom stereocenters. The Morgan fingerprint density at radius 2 is 1.60 bits per heavy atom. The summed E-state index contributed by atoms with van der Waals surface area (Å²) in [5.41, 5.74) is -1.76. The second-order valence-corrected chi connectivity index (χ2v) is 11.0. The van der Waals surface area contributed by atoms with Gasteiger partial charge in [-0.2, -0.15) is 26.3 Å². The molecule has 2 aliphatic heterocycles. The smallest absolute Gasteiger partial charge is 0.380 e. The van der Waals surface area contributed by atoms with Gasteiger partial charge < -0.3 is 19.5 Å². The van der Waals surface area contributed by atoms with Gasteiger partial charge in [-0.25, -0.2) is 0 Å². The predicted octanol–water partition coefficient (Wildman–Crippen LogP) is 5.69. The van der Waals surface area contributed by atoms with E-state index in [0.717, 1.165) is 62.1 Å². The van der Waals surface area contributed by atoms with Crippen LogP contribution >= 0.6 is 0 Å². The van der Waals surface area contributed by atoms with Gasteiger partial charge in [0.1, 0.15) is 0 Å². The van der Waals surface area contributed by atoms with Gasteiger partial charge in [0.05, 0.1) is 17.7 Å².